The maximum absolute atomic E-state index is 5.10. The highest BCUT2D eigenvalue weighted by Gasteiger charge is 2.44. The van der Waals surface area contributed by atoms with Gasteiger partial charge in [0.1, 0.15) is 6.04 Å². The summed E-state index contributed by atoms with van der Waals surface area (Å²) >= 11 is 1.90. The molecule has 4 heterocycles. The molecule has 1 aromatic carbocycles. The fourth-order valence-corrected chi connectivity index (χ4v) is 5.71. The van der Waals surface area contributed by atoms with Crippen LogP contribution >= 0.6 is 11.8 Å². The summed E-state index contributed by atoms with van der Waals surface area (Å²) in [6, 6.07) is 13.5. The fourth-order valence-electron chi connectivity index (χ4n) is 4.62. The van der Waals surface area contributed by atoms with Gasteiger partial charge in [-0.2, -0.15) is 0 Å². The minimum atomic E-state index is 0.0811. The Morgan fingerprint density at radius 1 is 1.11 bits per heavy atom. The molecule has 0 unspecified atom stereocenters. The Morgan fingerprint density at radius 3 is 2.70 bits per heavy atom. The summed E-state index contributed by atoms with van der Waals surface area (Å²) < 4.78 is 0. The van der Waals surface area contributed by atoms with Crippen molar-refractivity contribution in [2.45, 2.75) is 44.0 Å². The van der Waals surface area contributed by atoms with Crippen LogP contribution in [0.3, 0.4) is 0 Å². The third kappa shape index (κ3) is 3.02. The van der Waals surface area contributed by atoms with Gasteiger partial charge >= 0.3 is 0 Å². The van der Waals surface area contributed by atoms with Crippen LogP contribution in [0.2, 0.25) is 0 Å². The van der Waals surface area contributed by atoms with E-state index in [0.717, 1.165) is 12.2 Å². The summed E-state index contributed by atoms with van der Waals surface area (Å²) in [7, 11) is 0. The van der Waals surface area contributed by atoms with E-state index in [2.05, 4.69) is 59.0 Å². The average molecular weight is 379 g/mol. The van der Waals surface area contributed by atoms with Gasteiger partial charge in [-0.05, 0) is 55.2 Å². The molecule has 5 heteroatoms. The lowest BCUT2D eigenvalue weighted by Crippen LogP contribution is -2.29. The van der Waals surface area contributed by atoms with Gasteiger partial charge < -0.3 is 9.80 Å². The summed E-state index contributed by atoms with van der Waals surface area (Å²) in [5.74, 6) is 0. The van der Waals surface area contributed by atoms with Crippen LogP contribution < -0.4 is 4.90 Å². The summed E-state index contributed by atoms with van der Waals surface area (Å²) in [4.78, 5) is 14.8. The van der Waals surface area contributed by atoms with E-state index in [1.165, 1.54) is 47.9 Å². The van der Waals surface area contributed by atoms with Gasteiger partial charge in [-0.3, -0.25) is 9.98 Å². The molecular formula is C22H26N4S. The molecule has 3 aliphatic rings. The molecule has 0 bridgehead atoms. The number of anilines is 1. The number of fused-ring (bicyclic) bond motifs is 1. The third-order valence-corrected chi connectivity index (χ3v) is 7.03. The van der Waals surface area contributed by atoms with Crippen molar-refractivity contribution in [2.75, 3.05) is 24.5 Å². The van der Waals surface area contributed by atoms with Crippen molar-refractivity contribution in [3.63, 3.8) is 0 Å². The number of benzene rings is 1. The number of aliphatic imine (C=N–C) groups is 1. The Bertz CT molecular complexity index is 860. The second kappa shape index (κ2) is 6.86. The molecule has 2 fully saturated rings. The smallest absolute Gasteiger partial charge is 0.160 e. The molecule has 3 atom stereocenters. The van der Waals surface area contributed by atoms with Gasteiger partial charge in [0.05, 0.1) is 11.7 Å². The normalized spacial score (nSPS) is 27.2. The zero-order valence-electron chi connectivity index (χ0n) is 16.0. The highest BCUT2D eigenvalue weighted by Crippen LogP contribution is 2.48. The molecule has 140 valence electrons. The predicted octanol–water partition coefficient (Wildman–Crippen LogP) is 4.58. The second-order valence-corrected chi connectivity index (χ2v) is 9.28. The molecule has 0 aliphatic carbocycles. The van der Waals surface area contributed by atoms with Gasteiger partial charge in [0.2, 0.25) is 0 Å². The number of aryl methyl sites for hydroxylation is 1. The van der Waals surface area contributed by atoms with Gasteiger partial charge in [0, 0.05) is 36.8 Å². The van der Waals surface area contributed by atoms with E-state index in [9.17, 15) is 0 Å². The fraction of sp³-hybridized carbons (Fsp3) is 0.455. The van der Waals surface area contributed by atoms with Crippen LogP contribution in [-0.4, -0.2) is 39.9 Å². The first-order chi connectivity index (χ1) is 13.2. The quantitative estimate of drug-likeness (QED) is 0.782. The highest BCUT2D eigenvalue weighted by atomic mass is 32.2. The molecule has 2 aromatic rings. The predicted molar refractivity (Wildman–Crippen MR) is 114 cm³/mol. The highest BCUT2D eigenvalue weighted by molar-refractivity contribution is 8.14. The molecule has 4 nitrogen and oxygen atoms in total. The van der Waals surface area contributed by atoms with Crippen molar-refractivity contribution in [1.82, 2.24) is 9.88 Å². The van der Waals surface area contributed by atoms with Gasteiger partial charge in [0.15, 0.2) is 5.17 Å². The molecule has 3 aliphatic heterocycles. The Labute approximate surface area is 165 Å². The number of thioether (sulfide) groups is 1. The van der Waals surface area contributed by atoms with Crippen molar-refractivity contribution in [1.29, 1.82) is 0 Å². The van der Waals surface area contributed by atoms with Crippen LogP contribution in [0.5, 0.6) is 0 Å². The van der Waals surface area contributed by atoms with Crippen molar-refractivity contribution in [3.8, 4) is 0 Å². The Balaban J connectivity index is 1.53. The molecule has 1 aromatic heterocycles. The Kier molecular flexibility index (Phi) is 4.35. The van der Waals surface area contributed by atoms with Crippen molar-refractivity contribution in [2.24, 2.45) is 4.99 Å². The van der Waals surface area contributed by atoms with Crippen LogP contribution in [0, 0.1) is 6.92 Å². The van der Waals surface area contributed by atoms with Crippen LogP contribution in [0.1, 0.15) is 48.7 Å². The maximum Gasteiger partial charge on any atom is 0.160 e. The molecule has 0 radical (unpaired) electrons. The largest absolute Gasteiger partial charge is 0.372 e. The molecule has 0 spiro atoms. The first-order valence-corrected chi connectivity index (χ1v) is 10.9. The molecule has 5 rings (SSSR count). The molecule has 0 N–H and O–H groups in total. The lowest BCUT2D eigenvalue weighted by Gasteiger charge is -2.29. The Hall–Kier alpha value is -2.01. The van der Waals surface area contributed by atoms with E-state index in [1.807, 2.05) is 24.0 Å². The van der Waals surface area contributed by atoms with Crippen molar-refractivity contribution in [3.05, 3.63) is 59.4 Å². The summed E-state index contributed by atoms with van der Waals surface area (Å²) in [5.41, 5.74) is 5.19. The van der Waals surface area contributed by atoms with Gasteiger partial charge in [-0.15, -0.1) is 0 Å². The number of hydrogen-bond acceptors (Lipinski definition) is 5. The minimum Gasteiger partial charge on any atom is -0.372 e. The van der Waals surface area contributed by atoms with Crippen LogP contribution in [-0.2, 0) is 0 Å². The van der Waals surface area contributed by atoms with Crippen LogP contribution in [0.15, 0.2) is 47.6 Å². The van der Waals surface area contributed by atoms with Gasteiger partial charge in [-0.1, -0.05) is 30.8 Å². The third-order valence-electron chi connectivity index (χ3n) is 5.92. The van der Waals surface area contributed by atoms with E-state index in [4.69, 9.17) is 4.99 Å². The summed E-state index contributed by atoms with van der Waals surface area (Å²) in [6.45, 7) is 7.99. The molecule has 2 saturated heterocycles. The standard InChI is InChI=1S/C22H26N4S/c1-15-13-17(25-11-5-6-12-25)8-9-18(15)21-20(19-7-3-4-10-23-19)24-22-26(21)14-16(2)27-22/h3-4,7-10,13,16,20-21H,5-6,11-12,14H2,1-2H3/t16-,20+,21-/m0/s1. The molecule has 27 heavy (non-hydrogen) atoms. The number of hydrogen-bond donors (Lipinski definition) is 0. The molecule has 0 amide bonds. The van der Waals surface area contributed by atoms with E-state index in [0.29, 0.717) is 5.25 Å². The van der Waals surface area contributed by atoms with Gasteiger partial charge in [-0.25, -0.2) is 0 Å². The zero-order valence-corrected chi connectivity index (χ0v) is 16.8. The first kappa shape index (κ1) is 17.1. The van der Waals surface area contributed by atoms with E-state index >= 15 is 0 Å². The van der Waals surface area contributed by atoms with Crippen molar-refractivity contribution >= 4 is 22.6 Å². The summed E-state index contributed by atoms with van der Waals surface area (Å²) in [6.07, 6.45) is 4.51. The number of amidine groups is 1. The van der Waals surface area contributed by atoms with E-state index < -0.39 is 0 Å². The van der Waals surface area contributed by atoms with Crippen molar-refractivity contribution < 1.29 is 0 Å². The maximum atomic E-state index is 5.10. The number of rotatable bonds is 3. The van der Waals surface area contributed by atoms with Crippen LogP contribution in [0.4, 0.5) is 5.69 Å². The number of aromatic nitrogens is 1. The minimum absolute atomic E-state index is 0.0811. The average Bonchev–Trinajstić information content (AvgIpc) is 3.39. The number of nitrogens with zero attached hydrogens (tertiary/aromatic N) is 4. The molecule has 0 saturated carbocycles. The lowest BCUT2D eigenvalue weighted by molar-refractivity contribution is 0.320. The lowest BCUT2D eigenvalue weighted by atomic mass is 9.92. The summed E-state index contributed by atoms with van der Waals surface area (Å²) in [5, 5.41) is 1.78. The SMILES string of the molecule is Cc1cc(N2CCCC2)ccc1[C@H]1[C@@H](c2ccccn2)N=C2S[C@@H](C)CN21. The van der Waals surface area contributed by atoms with Gasteiger partial charge in [0.25, 0.3) is 0 Å². The first-order valence-electron chi connectivity index (χ1n) is 9.98. The Morgan fingerprint density at radius 2 is 1.96 bits per heavy atom. The topological polar surface area (TPSA) is 31.7 Å². The number of pyridine rings is 1. The molecular weight excluding hydrogens is 352 g/mol. The zero-order chi connectivity index (χ0) is 18.4. The van der Waals surface area contributed by atoms with E-state index in [1.54, 1.807) is 0 Å². The van der Waals surface area contributed by atoms with E-state index in [-0.39, 0.29) is 12.1 Å². The van der Waals surface area contributed by atoms with Crippen LogP contribution in [0.25, 0.3) is 0 Å². The second-order valence-electron chi connectivity index (χ2n) is 7.87. The monoisotopic (exact) mass is 378 g/mol.